The number of hydrogen-bond acceptors (Lipinski definition) is 4. The minimum atomic E-state index is -2.86. The molecule has 23 heavy (non-hydrogen) atoms. The van der Waals surface area contributed by atoms with E-state index >= 15 is 0 Å². The molecule has 0 spiro atoms. The van der Waals surface area contributed by atoms with Crippen LogP contribution in [0.25, 0.3) is 5.69 Å². The Bertz CT molecular complexity index is 813. The summed E-state index contributed by atoms with van der Waals surface area (Å²) in [6.07, 6.45) is 0.686. The summed E-state index contributed by atoms with van der Waals surface area (Å²) in [7, 11) is -2.86. The minimum Gasteiger partial charge on any atom is -0.309 e. The van der Waals surface area contributed by atoms with Crippen molar-refractivity contribution in [2.24, 2.45) is 0 Å². The van der Waals surface area contributed by atoms with Gasteiger partial charge in [0, 0.05) is 28.9 Å². The number of benzene rings is 1. The highest BCUT2D eigenvalue weighted by Crippen LogP contribution is 2.20. The number of sulfone groups is 1. The van der Waals surface area contributed by atoms with Gasteiger partial charge in [0.05, 0.1) is 22.9 Å². The third-order valence-corrected chi connectivity index (χ3v) is 6.33. The lowest BCUT2D eigenvalue weighted by Crippen LogP contribution is -2.29. The second-order valence-corrected chi connectivity index (χ2v) is 8.68. The molecule has 7 heteroatoms. The fourth-order valence-electron chi connectivity index (χ4n) is 2.97. The lowest BCUT2D eigenvalue weighted by Gasteiger charge is -2.11. The van der Waals surface area contributed by atoms with Crippen LogP contribution in [-0.2, 0) is 16.4 Å². The largest absolute Gasteiger partial charge is 0.309 e. The maximum absolute atomic E-state index is 11.5. The zero-order chi connectivity index (χ0) is 16.6. The Morgan fingerprint density at radius 1 is 1.30 bits per heavy atom. The van der Waals surface area contributed by atoms with Gasteiger partial charge >= 0.3 is 0 Å². The van der Waals surface area contributed by atoms with Crippen molar-refractivity contribution >= 4 is 21.4 Å². The molecule has 1 aliphatic heterocycles. The Morgan fingerprint density at radius 3 is 2.61 bits per heavy atom. The Balaban J connectivity index is 1.77. The number of hydrogen-bond donors (Lipinski definition) is 1. The van der Waals surface area contributed by atoms with E-state index in [-0.39, 0.29) is 17.5 Å². The van der Waals surface area contributed by atoms with Crippen LogP contribution in [0.3, 0.4) is 0 Å². The SMILES string of the molecule is Cc1nn(-c2ccc(Cl)cc2)c(C)c1CN[C@@H]1CCS(=O)(=O)C1. The van der Waals surface area contributed by atoms with E-state index in [0.29, 0.717) is 18.0 Å². The highest BCUT2D eigenvalue weighted by molar-refractivity contribution is 7.91. The van der Waals surface area contributed by atoms with Gasteiger partial charge in [-0.1, -0.05) is 11.6 Å². The third-order valence-electron chi connectivity index (χ3n) is 4.31. The van der Waals surface area contributed by atoms with Gasteiger partial charge in [0.1, 0.15) is 0 Å². The molecular formula is C16H20ClN3O2S. The zero-order valence-electron chi connectivity index (χ0n) is 13.2. The molecule has 2 aromatic rings. The molecule has 124 valence electrons. The number of halogens is 1. The van der Waals surface area contributed by atoms with Gasteiger partial charge in [0.15, 0.2) is 9.84 Å². The van der Waals surface area contributed by atoms with Gasteiger partial charge < -0.3 is 5.32 Å². The summed E-state index contributed by atoms with van der Waals surface area (Å²) < 4.78 is 25.0. The molecule has 1 N–H and O–H groups in total. The first-order valence-electron chi connectivity index (χ1n) is 7.60. The maximum atomic E-state index is 11.5. The summed E-state index contributed by atoms with van der Waals surface area (Å²) in [4.78, 5) is 0. The summed E-state index contributed by atoms with van der Waals surface area (Å²) in [5.74, 6) is 0.517. The van der Waals surface area contributed by atoms with Crippen molar-refractivity contribution in [3.05, 3.63) is 46.2 Å². The van der Waals surface area contributed by atoms with E-state index in [1.807, 2.05) is 42.8 Å². The second-order valence-electron chi connectivity index (χ2n) is 6.02. The predicted molar refractivity (Wildman–Crippen MR) is 91.9 cm³/mol. The van der Waals surface area contributed by atoms with Crippen LogP contribution in [0.5, 0.6) is 0 Å². The van der Waals surface area contributed by atoms with Crippen molar-refractivity contribution in [2.75, 3.05) is 11.5 Å². The van der Waals surface area contributed by atoms with Gasteiger partial charge in [0.25, 0.3) is 0 Å². The van der Waals surface area contributed by atoms with Gasteiger partial charge in [0.2, 0.25) is 0 Å². The Kier molecular flexibility index (Phi) is 4.49. The zero-order valence-corrected chi connectivity index (χ0v) is 14.8. The van der Waals surface area contributed by atoms with E-state index < -0.39 is 9.84 Å². The molecule has 0 unspecified atom stereocenters. The summed E-state index contributed by atoms with van der Waals surface area (Å²) in [5, 5.41) is 8.65. The van der Waals surface area contributed by atoms with Crippen LogP contribution >= 0.6 is 11.6 Å². The Labute approximate surface area is 141 Å². The molecule has 1 saturated heterocycles. The highest BCUT2D eigenvalue weighted by Gasteiger charge is 2.27. The monoisotopic (exact) mass is 353 g/mol. The summed E-state index contributed by atoms with van der Waals surface area (Å²) in [5.41, 5.74) is 4.08. The van der Waals surface area contributed by atoms with E-state index in [9.17, 15) is 8.42 Å². The van der Waals surface area contributed by atoms with E-state index in [0.717, 1.165) is 22.6 Å². The van der Waals surface area contributed by atoms with Gasteiger partial charge in [-0.15, -0.1) is 0 Å². The van der Waals surface area contributed by atoms with E-state index in [4.69, 9.17) is 11.6 Å². The van der Waals surface area contributed by atoms with E-state index in [1.165, 1.54) is 0 Å². The lowest BCUT2D eigenvalue weighted by atomic mass is 10.1. The standard InChI is InChI=1S/C16H20ClN3O2S/c1-11-16(9-18-14-7-8-23(21,22)10-14)12(2)20(19-11)15-5-3-13(17)4-6-15/h3-6,14,18H,7-10H2,1-2H3/t14-/m1/s1. The fraction of sp³-hybridized carbons (Fsp3) is 0.438. The van der Waals surface area contributed by atoms with E-state index in [2.05, 4.69) is 10.4 Å². The van der Waals surface area contributed by atoms with Crippen LogP contribution in [0.2, 0.25) is 5.02 Å². The van der Waals surface area contributed by atoms with Crippen LogP contribution in [0.1, 0.15) is 23.4 Å². The van der Waals surface area contributed by atoms with Crippen LogP contribution in [-0.4, -0.2) is 35.7 Å². The van der Waals surface area contributed by atoms with Crippen molar-refractivity contribution in [2.45, 2.75) is 32.9 Å². The normalized spacial score (nSPS) is 20.0. The maximum Gasteiger partial charge on any atom is 0.151 e. The molecule has 1 aliphatic rings. The van der Waals surface area contributed by atoms with Crippen LogP contribution in [0.4, 0.5) is 0 Å². The molecule has 0 bridgehead atoms. The topological polar surface area (TPSA) is 64.0 Å². The quantitative estimate of drug-likeness (QED) is 0.916. The molecule has 1 aromatic heterocycles. The molecule has 3 rings (SSSR count). The fourth-order valence-corrected chi connectivity index (χ4v) is 4.80. The number of aryl methyl sites for hydroxylation is 1. The minimum absolute atomic E-state index is 0.0395. The third kappa shape index (κ3) is 3.59. The first-order valence-corrected chi connectivity index (χ1v) is 9.80. The summed E-state index contributed by atoms with van der Waals surface area (Å²) in [6, 6.07) is 7.59. The first-order chi connectivity index (χ1) is 10.9. The molecule has 0 aliphatic carbocycles. The molecule has 2 heterocycles. The van der Waals surface area contributed by atoms with Gasteiger partial charge in [-0.25, -0.2) is 13.1 Å². The highest BCUT2D eigenvalue weighted by atomic mass is 35.5. The molecular weight excluding hydrogens is 334 g/mol. The predicted octanol–water partition coefficient (Wildman–Crippen LogP) is 2.42. The summed E-state index contributed by atoms with van der Waals surface area (Å²) in [6.45, 7) is 4.63. The second kappa shape index (κ2) is 6.26. The Hall–Kier alpha value is -1.37. The Morgan fingerprint density at radius 2 is 2.00 bits per heavy atom. The average Bonchev–Trinajstić information content (AvgIpc) is 2.98. The lowest BCUT2D eigenvalue weighted by molar-refractivity contribution is 0.552. The number of nitrogens with one attached hydrogen (secondary N) is 1. The molecule has 1 fully saturated rings. The van der Waals surface area contributed by atoms with Crippen molar-refractivity contribution in [3.63, 3.8) is 0 Å². The van der Waals surface area contributed by atoms with Gasteiger partial charge in [-0.05, 0) is 44.5 Å². The van der Waals surface area contributed by atoms with Gasteiger partial charge in [-0.3, -0.25) is 0 Å². The van der Waals surface area contributed by atoms with Gasteiger partial charge in [-0.2, -0.15) is 5.10 Å². The smallest absolute Gasteiger partial charge is 0.151 e. The van der Waals surface area contributed by atoms with Crippen LogP contribution in [0, 0.1) is 13.8 Å². The van der Waals surface area contributed by atoms with Crippen molar-refractivity contribution in [1.82, 2.24) is 15.1 Å². The molecule has 5 nitrogen and oxygen atoms in total. The van der Waals surface area contributed by atoms with Crippen molar-refractivity contribution in [3.8, 4) is 5.69 Å². The molecule has 1 aromatic carbocycles. The summed E-state index contributed by atoms with van der Waals surface area (Å²) >= 11 is 5.93. The van der Waals surface area contributed by atoms with E-state index in [1.54, 1.807) is 0 Å². The molecule has 0 radical (unpaired) electrons. The number of nitrogens with zero attached hydrogens (tertiary/aromatic N) is 2. The number of aromatic nitrogens is 2. The molecule has 1 atom stereocenters. The number of rotatable bonds is 4. The van der Waals surface area contributed by atoms with Crippen molar-refractivity contribution in [1.29, 1.82) is 0 Å². The van der Waals surface area contributed by atoms with Crippen LogP contribution in [0.15, 0.2) is 24.3 Å². The van der Waals surface area contributed by atoms with Crippen LogP contribution < -0.4 is 5.32 Å². The molecule has 0 amide bonds. The average molecular weight is 354 g/mol. The molecule has 0 saturated carbocycles. The first kappa shape index (κ1) is 16.5. The van der Waals surface area contributed by atoms with Crippen molar-refractivity contribution < 1.29 is 8.42 Å².